The van der Waals surface area contributed by atoms with Gasteiger partial charge in [-0.3, -0.25) is 0 Å². The van der Waals surface area contributed by atoms with Crippen molar-refractivity contribution >= 4 is 16.5 Å². The SMILES string of the molecule is CCNCc1sc(N(C)C2CCOC2C)nc1C(C)C. The van der Waals surface area contributed by atoms with Crippen LogP contribution in [0.1, 0.15) is 50.6 Å². The molecule has 1 fully saturated rings. The van der Waals surface area contributed by atoms with E-state index >= 15 is 0 Å². The Balaban J connectivity index is 2.18. The van der Waals surface area contributed by atoms with Gasteiger partial charge in [-0.25, -0.2) is 4.98 Å². The van der Waals surface area contributed by atoms with E-state index in [9.17, 15) is 0 Å². The first-order valence-corrected chi connectivity index (χ1v) is 8.41. The van der Waals surface area contributed by atoms with E-state index < -0.39 is 0 Å². The Morgan fingerprint density at radius 1 is 1.50 bits per heavy atom. The molecule has 2 heterocycles. The van der Waals surface area contributed by atoms with Crippen LogP contribution in [0.2, 0.25) is 0 Å². The van der Waals surface area contributed by atoms with Crippen LogP contribution in [0, 0.1) is 0 Å². The number of nitrogens with zero attached hydrogens (tertiary/aromatic N) is 2. The molecule has 0 amide bonds. The van der Waals surface area contributed by atoms with Gasteiger partial charge < -0.3 is 15.0 Å². The normalized spacial score (nSPS) is 22.7. The van der Waals surface area contributed by atoms with E-state index in [2.05, 4.69) is 45.0 Å². The number of anilines is 1. The Hall–Kier alpha value is -0.650. The highest BCUT2D eigenvalue weighted by Crippen LogP contribution is 2.33. The molecule has 1 aromatic rings. The van der Waals surface area contributed by atoms with E-state index in [1.807, 2.05) is 11.3 Å². The van der Waals surface area contributed by atoms with Crippen molar-refractivity contribution in [3.63, 3.8) is 0 Å². The first-order valence-electron chi connectivity index (χ1n) is 7.59. The fraction of sp³-hybridized carbons (Fsp3) is 0.800. The minimum Gasteiger partial charge on any atom is -0.376 e. The average molecular weight is 297 g/mol. The zero-order valence-electron chi connectivity index (χ0n) is 13.3. The smallest absolute Gasteiger partial charge is 0.185 e. The highest BCUT2D eigenvalue weighted by molar-refractivity contribution is 7.15. The third-order valence-corrected chi connectivity index (χ3v) is 5.10. The number of rotatable bonds is 6. The van der Waals surface area contributed by atoms with Crippen molar-refractivity contribution in [2.75, 3.05) is 25.1 Å². The summed E-state index contributed by atoms with van der Waals surface area (Å²) in [4.78, 5) is 8.57. The van der Waals surface area contributed by atoms with Crippen LogP contribution in [0.15, 0.2) is 0 Å². The van der Waals surface area contributed by atoms with Crippen molar-refractivity contribution in [1.82, 2.24) is 10.3 Å². The molecule has 0 spiro atoms. The number of thiazole rings is 1. The van der Waals surface area contributed by atoms with E-state index in [4.69, 9.17) is 9.72 Å². The van der Waals surface area contributed by atoms with Crippen LogP contribution in [0.3, 0.4) is 0 Å². The molecule has 1 aromatic heterocycles. The monoisotopic (exact) mass is 297 g/mol. The van der Waals surface area contributed by atoms with Crippen LogP contribution in [-0.4, -0.2) is 37.3 Å². The molecule has 2 atom stereocenters. The maximum absolute atomic E-state index is 5.68. The zero-order valence-corrected chi connectivity index (χ0v) is 14.1. The highest BCUT2D eigenvalue weighted by atomic mass is 32.1. The Bertz CT molecular complexity index is 433. The van der Waals surface area contributed by atoms with Crippen LogP contribution in [0.5, 0.6) is 0 Å². The van der Waals surface area contributed by atoms with Gasteiger partial charge in [-0.15, -0.1) is 11.3 Å². The molecule has 2 rings (SSSR count). The third-order valence-electron chi connectivity index (χ3n) is 3.93. The molecule has 5 heteroatoms. The van der Waals surface area contributed by atoms with Crippen molar-refractivity contribution in [2.45, 2.75) is 58.7 Å². The van der Waals surface area contributed by atoms with E-state index in [1.165, 1.54) is 10.6 Å². The van der Waals surface area contributed by atoms with Crippen molar-refractivity contribution in [2.24, 2.45) is 0 Å². The summed E-state index contributed by atoms with van der Waals surface area (Å²) >= 11 is 1.82. The number of likely N-dealkylation sites (N-methyl/N-ethyl adjacent to an activating group) is 1. The molecule has 0 radical (unpaired) electrons. The Labute approximate surface area is 126 Å². The number of aromatic nitrogens is 1. The van der Waals surface area contributed by atoms with Crippen molar-refractivity contribution in [1.29, 1.82) is 0 Å². The van der Waals surface area contributed by atoms with E-state index in [0.717, 1.165) is 31.2 Å². The van der Waals surface area contributed by atoms with Gasteiger partial charge >= 0.3 is 0 Å². The van der Waals surface area contributed by atoms with Gasteiger partial charge in [-0.05, 0) is 25.8 Å². The quantitative estimate of drug-likeness (QED) is 0.876. The maximum Gasteiger partial charge on any atom is 0.185 e. The molecule has 114 valence electrons. The minimum absolute atomic E-state index is 0.295. The van der Waals surface area contributed by atoms with Crippen LogP contribution in [0.4, 0.5) is 5.13 Å². The first-order chi connectivity index (χ1) is 9.54. The number of hydrogen-bond donors (Lipinski definition) is 1. The summed E-state index contributed by atoms with van der Waals surface area (Å²) in [6, 6.07) is 0.452. The summed E-state index contributed by atoms with van der Waals surface area (Å²) in [5, 5.41) is 4.55. The van der Waals surface area contributed by atoms with Gasteiger partial charge in [0.1, 0.15) is 0 Å². The number of ether oxygens (including phenoxy) is 1. The summed E-state index contributed by atoms with van der Waals surface area (Å²) in [5.41, 5.74) is 1.24. The summed E-state index contributed by atoms with van der Waals surface area (Å²) in [6.45, 7) is 11.5. The predicted molar refractivity (Wildman–Crippen MR) is 85.8 cm³/mol. The molecule has 1 saturated heterocycles. The van der Waals surface area contributed by atoms with Crippen LogP contribution >= 0.6 is 11.3 Å². The minimum atomic E-state index is 0.295. The van der Waals surface area contributed by atoms with Gasteiger partial charge in [0.15, 0.2) is 5.13 Å². The van der Waals surface area contributed by atoms with Gasteiger partial charge in [0.2, 0.25) is 0 Å². The highest BCUT2D eigenvalue weighted by Gasteiger charge is 2.30. The summed E-state index contributed by atoms with van der Waals surface area (Å²) in [6.07, 6.45) is 1.39. The summed E-state index contributed by atoms with van der Waals surface area (Å²) in [7, 11) is 2.15. The van der Waals surface area contributed by atoms with Gasteiger partial charge in [0, 0.05) is 25.1 Å². The van der Waals surface area contributed by atoms with Crippen molar-refractivity contribution < 1.29 is 4.74 Å². The Kier molecular flexibility index (Phi) is 5.41. The lowest BCUT2D eigenvalue weighted by molar-refractivity contribution is 0.118. The lowest BCUT2D eigenvalue weighted by Gasteiger charge is -2.26. The van der Waals surface area contributed by atoms with Gasteiger partial charge in [0.25, 0.3) is 0 Å². The fourth-order valence-electron chi connectivity index (χ4n) is 2.69. The molecule has 4 nitrogen and oxygen atoms in total. The molecule has 0 aromatic carbocycles. The first kappa shape index (κ1) is 15.7. The second-order valence-corrected chi connectivity index (χ2v) is 6.84. The van der Waals surface area contributed by atoms with Crippen LogP contribution < -0.4 is 10.2 Å². The standard InChI is InChI=1S/C15H27N3OS/c1-6-16-9-13-14(10(2)3)17-15(20-13)18(5)12-7-8-19-11(12)4/h10-12,16H,6-9H2,1-5H3. The maximum atomic E-state index is 5.68. The molecule has 0 bridgehead atoms. The largest absolute Gasteiger partial charge is 0.376 e. The lowest BCUT2D eigenvalue weighted by Crippen LogP contribution is -2.36. The van der Waals surface area contributed by atoms with Crippen molar-refractivity contribution in [3.05, 3.63) is 10.6 Å². The summed E-state index contributed by atoms with van der Waals surface area (Å²) in [5.74, 6) is 0.472. The zero-order chi connectivity index (χ0) is 14.7. The van der Waals surface area contributed by atoms with Crippen LogP contribution in [0.25, 0.3) is 0 Å². The second-order valence-electron chi connectivity index (χ2n) is 5.78. The molecule has 0 aliphatic carbocycles. The van der Waals surface area contributed by atoms with Crippen molar-refractivity contribution in [3.8, 4) is 0 Å². The van der Waals surface area contributed by atoms with Gasteiger partial charge in [-0.1, -0.05) is 20.8 Å². The number of nitrogens with one attached hydrogen (secondary N) is 1. The molecule has 1 aliphatic heterocycles. The molecule has 1 N–H and O–H groups in total. The molecular formula is C15H27N3OS. The van der Waals surface area contributed by atoms with E-state index in [0.29, 0.717) is 18.1 Å². The van der Waals surface area contributed by atoms with E-state index in [1.54, 1.807) is 0 Å². The third kappa shape index (κ3) is 3.32. The molecule has 20 heavy (non-hydrogen) atoms. The van der Waals surface area contributed by atoms with Gasteiger partial charge in [0.05, 0.1) is 17.8 Å². The average Bonchev–Trinajstić information content (AvgIpc) is 3.01. The van der Waals surface area contributed by atoms with Crippen LogP contribution in [-0.2, 0) is 11.3 Å². The second kappa shape index (κ2) is 6.87. The molecule has 0 saturated carbocycles. The molecule has 1 aliphatic rings. The molecular weight excluding hydrogens is 270 g/mol. The fourth-order valence-corrected chi connectivity index (χ4v) is 3.89. The topological polar surface area (TPSA) is 37.4 Å². The summed E-state index contributed by atoms with van der Waals surface area (Å²) < 4.78 is 5.68. The lowest BCUT2D eigenvalue weighted by atomic mass is 10.1. The Morgan fingerprint density at radius 3 is 2.80 bits per heavy atom. The number of hydrogen-bond acceptors (Lipinski definition) is 5. The molecule has 2 unspecified atom stereocenters. The van der Waals surface area contributed by atoms with E-state index in [-0.39, 0.29) is 0 Å². The van der Waals surface area contributed by atoms with Gasteiger partial charge in [-0.2, -0.15) is 0 Å². The predicted octanol–water partition coefficient (Wildman–Crippen LogP) is 2.99. The Morgan fingerprint density at radius 2 is 2.25 bits per heavy atom.